The predicted molar refractivity (Wildman–Crippen MR) is 207 cm³/mol. The fourth-order valence-electron chi connectivity index (χ4n) is 5.23. The molecule has 0 saturated carbocycles. The van der Waals surface area contributed by atoms with Crippen molar-refractivity contribution in [3.05, 3.63) is 148 Å². The zero-order valence-electron chi connectivity index (χ0n) is 27.9. The predicted octanol–water partition coefficient (Wildman–Crippen LogP) is 11.9. The average Bonchev–Trinajstić information content (AvgIpc) is 3.54. The molecule has 4 nitrogen and oxygen atoms in total. The van der Waals surface area contributed by atoms with Crippen molar-refractivity contribution in [3.63, 3.8) is 0 Å². The second-order valence-corrected chi connectivity index (χ2v) is 15.1. The minimum atomic E-state index is 0.858. The normalized spacial score (nSPS) is 15.1. The molecule has 1 aromatic heterocycles. The van der Waals surface area contributed by atoms with Crippen LogP contribution in [-0.2, 0) is 5.75 Å². The number of aryl methyl sites for hydroxylation is 2. The highest BCUT2D eigenvalue weighted by Crippen LogP contribution is 2.43. The monoisotopic (exact) mass is 674 g/mol. The van der Waals surface area contributed by atoms with Crippen LogP contribution in [0.4, 0.5) is 11.4 Å². The molecule has 0 atom stereocenters. The van der Waals surface area contributed by atoms with E-state index >= 15 is 0 Å². The topological polar surface area (TPSA) is 41.4 Å². The third kappa shape index (κ3) is 9.57. The van der Waals surface area contributed by atoms with E-state index in [4.69, 9.17) is 4.99 Å². The van der Waals surface area contributed by atoms with Crippen LogP contribution in [0.5, 0.6) is 0 Å². The van der Waals surface area contributed by atoms with E-state index in [1.54, 1.807) is 34.9 Å². The summed E-state index contributed by atoms with van der Waals surface area (Å²) in [6.45, 7) is 12.4. The maximum absolute atomic E-state index is 4.89. The number of hydrogen-bond acceptors (Lipinski definition) is 7. The van der Waals surface area contributed by atoms with E-state index in [2.05, 4.69) is 147 Å². The summed E-state index contributed by atoms with van der Waals surface area (Å²) in [5.74, 6) is 0.858. The highest BCUT2D eigenvalue weighted by molar-refractivity contribution is 8.05. The van der Waals surface area contributed by atoms with E-state index in [0.717, 1.165) is 50.7 Å². The van der Waals surface area contributed by atoms with E-state index in [-0.39, 0.29) is 0 Å². The highest BCUT2D eigenvalue weighted by Gasteiger charge is 2.20. The lowest BCUT2D eigenvalue weighted by Crippen LogP contribution is -2.15. The number of thioether (sulfide) groups is 2. The zero-order chi connectivity index (χ0) is 33.2. The Bertz CT molecular complexity index is 1860. The van der Waals surface area contributed by atoms with Gasteiger partial charge in [0.25, 0.3) is 0 Å². The van der Waals surface area contributed by atoms with Crippen molar-refractivity contribution in [1.82, 2.24) is 10.2 Å². The van der Waals surface area contributed by atoms with Gasteiger partial charge in [-0.3, -0.25) is 4.99 Å². The Morgan fingerprint density at radius 3 is 2.40 bits per heavy atom. The molecular weight excluding hydrogens is 633 g/mol. The summed E-state index contributed by atoms with van der Waals surface area (Å²) in [6, 6.07) is 25.3. The Hall–Kier alpha value is -3.91. The van der Waals surface area contributed by atoms with Gasteiger partial charge in [-0.15, -0.1) is 10.2 Å². The molecule has 0 spiro atoms. The van der Waals surface area contributed by atoms with E-state index in [9.17, 15) is 0 Å². The zero-order valence-corrected chi connectivity index (χ0v) is 30.3. The third-order valence-corrected chi connectivity index (χ3v) is 11.5. The van der Waals surface area contributed by atoms with Crippen LogP contribution in [0.3, 0.4) is 0 Å². The second-order valence-electron chi connectivity index (χ2n) is 11.6. The van der Waals surface area contributed by atoms with Crippen LogP contribution in [0.2, 0.25) is 0 Å². The van der Waals surface area contributed by atoms with Gasteiger partial charge < -0.3 is 4.90 Å². The molecule has 4 aromatic rings. The Balaban J connectivity index is 1.41. The lowest BCUT2D eigenvalue weighted by atomic mass is 9.94. The van der Waals surface area contributed by atoms with Gasteiger partial charge in [0.1, 0.15) is 0 Å². The smallest absolute Gasteiger partial charge is 0.179 e. The number of nitrogens with zero attached hydrogens (tertiary/aromatic N) is 4. The van der Waals surface area contributed by atoms with Crippen molar-refractivity contribution in [2.45, 2.75) is 61.4 Å². The Kier molecular flexibility index (Phi) is 12.3. The van der Waals surface area contributed by atoms with Crippen LogP contribution >= 0.6 is 34.9 Å². The molecule has 0 saturated heterocycles. The van der Waals surface area contributed by atoms with Crippen molar-refractivity contribution in [1.29, 1.82) is 0 Å². The molecule has 5 rings (SSSR count). The minimum Gasteiger partial charge on any atom is -0.348 e. The molecule has 0 bridgehead atoms. The van der Waals surface area contributed by atoms with Gasteiger partial charge in [0, 0.05) is 34.8 Å². The van der Waals surface area contributed by atoms with Crippen LogP contribution < -0.4 is 4.90 Å². The quantitative estimate of drug-likeness (QED) is 0.110. The largest absolute Gasteiger partial charge is 0.348 e. The standard InChI is InChI=1S/C40H42N4S3/c1-7-32-21-23-33(24-22-32)27-45-39-42-43-40(47-39)46-38-34(25-19-30(4)41-36-17-10-8-13-28(36)2)15-12-16-35(38)26-20-31(5)44(6)37-18-11-9-14-29(37)3/h7-11,13-14,17-26H,1,12,15-16,27H2,2-6H3/b25-19+,31-20+,35-26+,41-30?. The average molecular weight is 675 g/mol. The van der Waals surface area contributed by atoms with Crippen molar-refractivity contribution < 1.29 is 0 Å². The maximum atomic E-state index is 4.89. The molecule has 240 valence electrons. The van der Waals surface area contributed by atoms with Gasteiger partial charge >= 0.3 is 0 Å². The number of aromatic nitrogens is 2. The SMILES string of the molecule is C=Cc1ccc(CSc2nnc(SC3=C(/C=C/C(C)=Nc4ccccc4C)CCC/C3=C\C=C(/C)N(C)c3ccccc3C)s2)cc1. The number of anilines is 1. The summed E-state index contributed by atoms with van der Waals surface area (Å²) in [5.41, 5.74) is 11.9. The van der Waals surface area contributed by atoms with Crippen LogP contribution in [0.15, 0.2) is 139 Å². The molecule has 0 amide bonds. The number of hydrogen-bond donors (Lipinski definition) is 0. The number of benzene rings is 3. The number of rotatable bonds is 12. The van der Waals surface area contributed by atoms with Crippen LogP contribution in [0.25, 0.3) is 6.08 Å². The van der Waals surface area contributed by atoms with Gasteiger partial charge in [0.05, 0.1) is 5.69 Å². The van der Waals surface area contributed by atoms with Crippen molar-refractivity contribution >= 4 is 58.0 Å². The fourth-order valence-corrected chi connectivity index (χ4v) is 8.44. The highest BCUT2D eigenvalue weighted by atomic mass is 32.2. The summed E-state index contributed by atoms with van der Waals surface area (Å²) in [5, 5.41) is 9.16. The van der Waals surface area contributed by atoms with E-state index in [1.165, 1.54) is 44.1 Å². The molecule has 0 unspecified atom stereocenters. The van der Waals surface area contributed by atoms with Crippen molar-refractivity contribution in [3.8, 4) is 0 Å². The Morgan fingerprint density at radius 1 is 0.936 bits per heavy atom. The summed E-state index contributed by atoms with van der Waals surface area (Å²) < 4.78 is 1.95. The first-order valence-electron chi connectivity index (χ1n) is 15.9. The molecule has 0 radical (unpaired) electrons. The van der Waals surface area contributed by atoms with E-state index < -0.39 is 0 Å². The van der Waals surface area contributed by atoms with E-state index in [1.807, 2.05) is 12.1 Å². The molecule has 47 heavy (non-hydrogen) atoms. The molecule has 1 aliphatic rings. The minimum absolute atomic E-state index is 0.858. The van der Waals surface area contributed by atoms with Crippen LogP contribution in [0, 0.1) is 13.8 Å². The second kappa shape index (κ2) is 16.8. The summed E-state index contributed by atoms with van der Waals surface area (Å²) in [4.78, 5) is 8.42. The molecule has 7 heteroatoms. The summed E-state index contributed by atoms with van der Waals surface area (Å²) in [6.07, 6.45) is 14.0. The maximum Gasteiger partial charge on any atom is 0.179 e. The number of aliphatic imine (C=N–C) groups is 1. The number of allylic oxidation sites excluding steroid dienone is 7. The van der Waals surface area contributed by atoms with Crippen molar-refractivity contribution in [2.24, 2.45) is 4.99 Å². The third-order valence-electron chi connectivity index (χ3n) is 8.10. The fraction of sp³-hybridized carbons (Fsp3) is 0.225. The van der Waals surface area contributed by atoms with Crippen molar-refractivity contribution in [2.75, 3.05) is 11.9 Å². The molecular formula is C40H42N4S3. The lowest BCUT2D eigenvalue weighted by molar-refractivity contribution is 0.792. The first-order valence-corrected chi connectivity index (χ1v) is 18.5. The first-order chi connectivity index (χ1) is 22.8. The lowest BCUT2D eigenvalue weighted by Gasteiger charge is -2.23. The number of para-hydroxylation sites is 2. The van der Waals surface area contributed by atoms with Gasteiger partial charge in [-0.1, -0.05) is 120 Å². The molecule has 1 aliphatic carbocycles. The molecule has 0 fully saturated rings. The van der Waals surface area contributed by atoms with Gasteiger partial charge in [0.15, 0.2) is 8.68 Å². The molecule has 3 aromatic carbocycles. The Morgan fingerprint density at radius 2 is 1.66 bits per heavy atom. The molecule has 1 heterocycles. The van der Waals surface area contributed by atoms with Gasteiger partial charge in [-0.25, -0.2) is 0 Å². The van der Waals surface area contributed by atoms with E-state index in [0.29, 0.717) is 0 Å². The van der Waals surface area contributed by atoms with Crippen LogP contribution in [0.1, 0.15) is 55.4 Å². The molecule has 0 aliphatic heterocycles. The summed E-state index contributed by atoms with van der Waals surface area (Å²) >= 11 is 5.15. The Labute approximate surface area is 292 Å². The van der Waals surface area contributed by atoms with Gasteiger partial charge in [0.2, 0.25) is 0 Å². The summed E-state index contributed by atoms with van der Waals surface area (Å²) in [7, 11) is 2.14. The first kappa shape index (κ1) is 34.4. The van der Waals surface area contributed by atoms with Gasteiger partial charge in [-0.05, 0) is 105 Å². The molecule has 0 N–H and O–H groups in total. The van der Waals surface area contributed by atoms with Crippen LogP contribution in [-0.4, -0.2) is 23.0 Å². The van der Waals surface area contributed by atoms with Gasteiger partial charge in [-0.2, -0.15) is 0 Å².